The van der Waals surface area contributed by atoms with Gasteiger partial charge in [0.05, 0.1) is 18.9 Å². The van der Waals surface area contributed by atoms with Gasteiger partial charge in [-0.05, 0) is 37.5 Å². The topological polar surface area (TPSA) is 85.3 Å². The van der Waals surface area contributed by atoms with Crippen LogP contribution in [0.5, 0.6) is 0 Å². The smallest absolute Gasteiger partial charge is 0.159 e. The lowest BCUT2D eigenvalue weighted by Gasteiger charge is -2.34. The van der Waals surface area contributed by atoms with Crippen LogP contribution >= 0.6 is 0 Å². The Hall–Kier alpha value is -3.11. The molecule has 0 unspecified atom stereocenters. The molecule has 36 heavy (non-hydrogen) atoms. The molecule has 10 heteroatoms. The third-order valence-electron chi connectivity index (χ3n) is 7.25. The van der Waals surface area contributed by atoms with Crippen molar-refractivity contribution in [2.24, 2.45) is 0 Å². The Morgan fingerprint density at radius 3 is 2.53 bits per heavy atom. The summed E-state index contributed by atoms with van der Waals surface area (Å²) in [5.41, 5.74) is 8.34. The van der Waals surface area contributed by atoms with E-state index in [2.05, 4.69) is 31.3 Å². The van der Waals surface area contributed by atoms with Gasteiger partial charge in [-0.25, -0.2) is 23.7 Å². The van der Waals surface area contributed by atoms with Gasteiger partial charge >= 0.3 is 0 Å². The van der Waals surface area contributed by atoms with Gasteiger partial charge < -0.3 is 19.9 Å². The van der Waals surface area contributed by atoms with Gasteiger partial charge in [0.15, 0.2) is 11.6 Å². The van der Waals surface area contributed by atoms with Crippen molar-refractivity contribution >= 4 is 11.6 Å². The molecule has 0 atom stereocenters. The molecule has 2 aromatic heterocycles. The molecule has 0 radical (unpaired) electrons. The van der Waals surface area contributed by atoms with Gasteiger partial charge in [-0.1, -0.05) is 6.92 Å². The Bertz CT molecular complexity index is 1190. The number of nitrogens with two attached hydrogens (primary N) is 1. The number of anilines is 2. The van der Waals surface area contributed by atoms with Crippen molar-refractivity contribution in [2.45, 2.75) is 38.6 Å². The predicted octanol–water partition coefficient (Wildman–Crippen LogP) is 3.48. The third kappa shape index (κ3) is 5.19. The van der Waals surface area contributed by atoms with E-state index in [-0.39, 0.29) is 5.92 Å². The van der Waals surface area contributed by atoms with Gasteiger partial charge in [0.25, 0.3) is 0 Å². The van der Waals surface area contributed by atoms with Crippen LogP contribution in [0.2, 0.25) is 0 Å². The number of hydrogen-bond acceptors (Lipinski definition) is 7. The van der Waals surface area contributed by atoms with Crippen LogP contribution in [-0.4, -0.2) is 70.4 Å². The summed E-state index contributed by atoms with van der Waals surface area (Å²) in [6.07, 6.45) is 6.13. The first-order valence-electron chi connectivity index (χ1n) is 12.7. The van der Waals surface area contributed by atoms with Crippen LogP contribution in [0.1, 0.15) is 37.1 Å². The summed E-state index contributed by atoms with van der Waals surface area (Å²) in [5.74, 6) is 1.01. The first kappa shape index (κ1) is 24.6. The second-order valence-electron chi connectivity index (χ2n) is 9.44. The maximum absolute atomic E-state index is 14.0. The first-order valence-corrected chi connectivity index (χ1v) is 12.7. The van der Waals surface area contributed by atoms with Crippen molar-refractivity contribution < 1.29 is 13.5 Å². The van der Waals surface area contributed by atoms with E-state index in [0.29, 0.717) is 17.1 Å². The Kier molecular flexibility index (Phi) is 7.43. The average molecular weight is 498 g/mol. The molecular weight excluding hydrogens is 464 g/mol. The van der Waals surface area contributed by atoms with Crippen molar-refractivity contribution in [1.82, 2.24) is 24.4 Å². The molecule has 0 spiro atoms. The van der Waals surface area contributed by atoms with E-state index < -0.39 is 11.6 Å². The quantitative estimate of drug-likeness (QED) is 0.535. The fourth-order valence-electron chi connectivity index (χ4n) is 5.18. The van der Waals surface area contributed by atoms with Crippen LogP contribution in [0.3, 0.4) is 0 Å². The summed E-state index contributed by atoms with van der Waals surface area (Å²) in [4.78, 5) is 18.3. The molecule has 1 aromatic carbocycles. The van der Waals surface area contributed by atoms with Crippen LogP contribution in [0.4, 0.5) is 20.4 Å². The molecule has 0 saturated carbocycles. The van der Waals surface area contributed by atoms with E-state index in [1.54, 1.807) is 6.07 Å². The Morgan fingerprint density at radius 2 is 1.81 bits per heavy atom. The number of piperidine rings is 1. The number of nitrogen functional groups attached to an aromatic ring is 1. The molecule has 0 aliphatic carbocycles. The average Bonchev–Trinajstić information content (AvgIpc) is 3.34. The summed E-state index contributed by atoms with van der Waals surface area (Å²) in [6.45, 7) is 8.76. The number of morpholine rings is 1. The number of benzene rings is 1. The summed E-state index contributed by atoms with van der Waals surface area (Å²) in [6, 6.07) is 3.97. The van der Waals surface area contributed by atoms with E-state index in [9.17, 15) is 8.78 Å². The van der Waals surface area contributed by atoms with Gasteiger partial charge in [0, 0.05) is 62.5 Å². The number of nitrogens with zero attached hydrogens (tertiary/aromatic N) is 6. The molecule has 0 amide bonds. The first-order chi connectivity index (χ1) is 17.5. The molecule has 8 nitrogen and oxygen atoms in total. The molecule has 0 bridgehead atoms. The summed E-state index contributed by atoms with van der Waals surface area (Å²) in [5, 5.41) is 0. The van der Waals surface area contributed by atoms with Crippen LogP contribution in [0, 0.1) is 11.6 Å². The van der Waals surface area contributed by atoms with Crippen LogP contribution in [0.15, 0.2) is 30.7 Å². The number of imidazole rings is 1. The molecular formula is C26H33F2N7O. The minimum atomic E-state index is -0.860. The fraction of sp³-hybridized carbons (Fsp3) is 0.500. The lowest BCUT2D eigenvalue weighted by Crippen LogP contribution is -2.38. The van der Waals surface area contributed by atoms with E-state index in [0.717, 1.165) is 95.0 Å². The monoisotopic (exact) mass is 497 g/mol. The molecule has 2 saturated heterocycles. The van der Waals surface area contributed by atoms with Gasteiger partial charge in [0.1, 0.15) is 23.8 Å². The standard InChI is InChI=1S/C26H33F2N7O/c1-2-20-24(29)30-17-31-26(20)34-7-5-18(6-8-34)25-32-23(19-3-4-21(27)22(28)15-19)16-35(25)10-9-33-11-13-36-14-12-33/h3-4,15-18H,2,5-14H2,1H3,(H2,29,30,31). The van der Waals surface area contributed by atoms with Gasteiger partial charge in [-0.15, -0.1) is 0 Å². The number of aromatic nitrogens is 4. The number of rotatable bonds is 7. The molecule has 192 valence electrons. The van der Waals surface area contributed by atoms with Crippen molar-refractivity contribution in [1.29, 1.82) is 0 Å². The zero-order valence-corrected chi connectivity index (χ0v) is 20.7. The second kappa shape index (κ2) is 10.9. The van der Waals surface area contributed by atoms with Gasteiger partial charge in [-0.3, -0.25) is 4.90 Å². The van der Waals surface area contributed by atoms with Crippen molar-refractivity contribution in [3.8, 4) is 11.3 Å². The number of halogens is 2. The third-order valence-corrected chi connectivity index (χ3v) is 7.25. The zero-order chi connectivity index (χ0) is 25.1. The van der Waals surface area contributed by atoms with E-state index in [1.807, 2.05) is 6.20 Å². The highest BCUT2D eigenvalue weighted by Gasteiger charge is 2.27. The summed E-state index contributed by atoms with van der Waals surface area (Å²) < 4.78 is 35.2. The highest BCUT2D eigenvalue weighted by atomic mass is 19.2. The lowest BCUT2D eigenvalue weighted by molar-refractivity contribution is 0.0362. The number of ether oxygens (including phenoxy) is 1. The minimum absolute atomic E-state index is 0.259. The number of hydrogen-bond donors (Lipinski definition) is 1. The zero-order valence-electron chi connectivity index (χ0n) is 20.7. The molecule has 2 aliphatic heterocycles. The van der Waals surface area contributed by atoms with Gasteiger partial charge in [0.2, 0.25) is 0 Å². The fourth-order valence-corrected chi connectivity index (χ4v) is 5.18. The van der Waals surface area contributed by atoms with Crippen molar-refractivity contribution in [3.63, 3.8) is 0 Å². The SMILES string of the molecule is CCc1c(N)ncnc1N1CCC(c2nc(-c3ccc(F)c(F)c3)cn2CCN2CCOCC2)CC1. The van der Waals surface area contributed by atoms with Crippen LogP contribution < -0.4 is 10.6 Å². The second-order valence-corrected chi connectivity index (χ2v) is 9.44. The molecule has 3 aromatic rings. The van der Waals surface area contributed by atoms with Crippen molar-refractivity contribution in [2.75, 3.05) is 56.6 Å². The molecule has 2 fully saturated rings. The maximum atomic E-state index is 14.0. The van der Waals surface area contributed by atoms with E-state index >= 15 is 0 Å². The largest absolute Gasteiger partial charge is 0.383 e. The van der Waals surface area contributed by atoms with Crippen LogP contribution in [-0.2, 0) is 17.7 Å². The van der Waals surface area contributed by atoms with Crippen LogP contribution in [0.25, 0.3) is 11.3 Å². The minimum Gasteiger partial charge on any atom is -0.383 e. The molecule has 5 rings (SSSR count). The molecule has 2 aliphatic rings. The highest BCUT2D eigenvalue weighted by molar-refractivity contribution is 5.59. The summed E-state index contributed by atoms with van der Waals surface area (Å²) in [7, 11) is 0. The van der Waals surface area contributed by atoms with E-state index in [4.69, 9.17) is 15.5 Å². The summed E-state index contributed by atoms with van der Waals surface area (Å²) >= 11 is 0. The maximum Gasteiger partial charge on any atom is 0.159 e. The normalized spacial score (nSPS) is 17.6. The Morgan fingerprint density at radius 1 is 1.03 bits per heavy atom. The Balaban J connectivity index is 1.36. The molecule has 4 heterocycles. The predicted molar refractivity (Wildman–Crippen MR) is 135 cm³/mol. The Labute approximate surface area is 210 Å². The molecule has 2 N–H and O–H groups in total. The van der Waals surface area contributed by atoms with Crippen molar-refractivity contribution in [3.05, 3.63) is 53.7 Å². The van der Waals surface area contributed by atoms with Gasteiger partial charge in [-0.2, -0.15) is 0 Å². The highest BCUT2D eigenvalue weighted by Crippen LogP contribution is 2.33. The lowest BCUT2D eigenvalue weighted by atomic mass is 9.95. The van der Waals surface area contributed by atoms with E-state index in [1.165, 1.54) is 12.4 Å².